The van der Waals surface area contributed by atoms with Crippen LogP contribution in [0.3, 0.4) is 0 Å². The first-order chi connectivity index (χ1) is 7.91. The van der Waals surface area contributed by atoms with E-state index >= 15 is 0 Å². The van der Waals surface area contributed by atoms with Gasteiger partial charge in [-0.1, -0.05) is 13.8 Å². The molecule has 1 aliphatic heterocycles. The fourth-order valence-electron chi connectivity index (χ4n) is 2.41. The number of nitrogens with two attached hydrogens (primary N) is 1. The number of likely N-dealkylation sites (tertiary alicyclic amines) is 1. The average Bonchev–Trinajstić information content (AvgIpc) is 2.38. The molecule has 0 aromatic heterocycles. The summed E-state index contributed by atoms with van der Waals surface area (Å²) in [5.74, 6) is 0.323. The second-order valence-electron chi connectivity index (χ2n) is 6.27. The van der Waals surface area contributed by atoms with Crippen LogP contribution < -0.4 is 5.73 Å². The summed E-state index contributed by atoms with van der Waals surface area (Å²) in [5, 5.41) is 0. The van der Waals surface area contributed by atoms with E-state index in [1.807, 2.05) is 6.92 Å². The number of carbonyl (C=O) groups is 1. The molecule has 0 aliphatic carbocycles. The van der Waals surface area contributed by atoms with E-state index < -0.39 is 0 Å². The lowest BCUT2D eigenvalue weighted by atomic mass is 9.85. The summed E-state index contributed by atoms with van der Waals surface area (Å²) in [6, 6.07) is 0.214. The Morgan fingerprint density at radius 3 is 2.71 bits per heavy atom. The zero-order valence-electron chi connectivity index (χ0n) is 11.7. The molecule has 100 valence electrons. The molecular weight excluding hydrogens is 212 g/mol. The molecule has 0 bridgehead atoms. The summed E-state index contributed by atoms with van der Waals surface area (Å²) in [6.07, 6.45) is 6.05. The van der Waals surface area contributed by atoms with Gasteiger partial charge in [0.1, 0.15) is 0 Å². The fraction of sp³-hybridized carbons (Fsp3) is 0.929. The van der Waals surface area contributed by atoms with Gasteiger partial charge < -0.3 is 10.6 Å². The summed E-state index contributed by atoms with van der Waals surface area (Å²) < 4.78 is 0. The minimum Gasteiger partial charge on any atom is -0.343 e. The van der Waals surface area contributed by atoms with Gasteiger partial charge in [0.15, 0.2) is 0 Å². The first-order valence-electron chi connectivity index (χ1n) is 6.94. The van der Waals surface area contributed by atoms with Crippen LogP contribution in [0.5, 0.6) is 0 Å². The lowest BCUT2D eigenvalue weighted by molar-refractivity contribution is -0.131. The second-order valence-corrected chi connectivity index (χ2v) is 6.27. The smallest absolute Gasteiger partial charge is 0.222 e. The van der Waals surface area contributed by atoms with Crippen molar-refractivity contribution < 1.29 is 4.79 Å². The Bertz CT molecular complexity index is 249. The van der Waals surface area contributed by atoms with Crippen LogP contribution in [-0.2, 0) is 4.79 Å². The van der Waals surface area contributed by atoms with Gasteiger partial charge in [-0.25, -0.2) is 0 Å². The van der Waals surface area contributed by atoms with Gasteiger partial charge in [0.2, 0.25) is 5.91 Å². The Morgan fingerprint density at radius 1 is 1.35 bits per heavy atom. The molecule has 2 N–H and O–H groups in total. The predicted octanol–water partition coefficient (Wildman–Crippen LogP) is 2.54. The molecule has 1 saturated heterocycles. The van der Waals surface area contributed by atoms with Crippen LogP contribution in [0.2, 0.25) is 0 Å². The van der Waals surface area contributed by atoms with Crippen LogP contribution in [-0.4, -0.2) is 29.9 Å². The Labute approximate surface area is 106 Å². The Balaban J connectivity index is 2.32. The summed E-state index contributed by atoms with van der Waals surface area (Å²) in [4.78, 5) is 14.1. The number of amides is 1. The van der Waals surface area contributed by atoms with Gasteiger partial charge in [-0.15, -0.1) is 0 Å². The van der Waals surface area contributed by atoms with Gasteiger partial charge in [0, 0.05) is 25.6 Å². The highest BCUT2D eigenvalue weighted by Crippen LogP contribution is 2.29. The van der Waals surface area contributed by atoms with Crippen molar-refractivity contribution in [1.29, 1.82) is 0 Å². The molecule has 1 amide bonds. The highest BCUT2D eigenvalue weighted by molar-refractivity contribution is 5.76. The molecular formula is C14H28N2O. The van der Waals surface area contributed by atoms with Gasteiger partial charge in [-0.2, -0.15) is 0 Å². The van der Waals surface area contributed by atoms with Crippen molar-refractivity contribution >= 4 is 5.91 Å². The molecule has 0 radical (unpaired) electrons. The zero-order chi connectivity index (χ0) is 12.9. The summed E-state index contributed by atoms with van der Waals surface area (Å²) >= 11 is 0. The van der Waals surface area contributed by atoms with E-state index in [-0.39, 0.29) is 6.04 Å². The molecule has 0 saturated carbocycles. The highest BCUT2D eigenvalue weighted by atomic mass is 16.2. The lowest BCUT2D eigenvalue weighted by Crippen LogP contribution is -2.32. The Hall–Kier alpha value is -0.570. The third-order valence-corrected chi connectivity index (χ3v) is 3.74. The van der Waals surface area contributed by atoms with Crippen molar-refractivity contribution in [3.63, 3.8) is 0 Å². The van der Waals surface area contributed by atoms with E-state index in [9.17, 15) is 4.79 Å². The van der Waals surface area contributed by atoms with Gasteiger partial charge in [0.25, 0.3) is 0 Å². The van der Waals surface area contributed by atoms with Gasteiger partial charge in [-0.3, -0.25) is 4.79 Å². The Kier molecular flexibility index (Phi) is 5.44. The maximum atomic E-state index is 12.0. The summed E-state index contributed by atoms with van der Waals surface area (Å²) in [6.45, 7) is 8.48. The summed E-state index contributed by atoms with van der Waals surface area (Å²) in [5.41, 5.74) is 6.10. The molecule has 0 aromatic rings. The van der Waals surface area contributed by atoms with Crippen LogP contribution >= 0.6 is 0 Å². The normalized spacial score (nSPS) is 22.0. The van der Waals surface area contributed by atoms with Crippen molar-refractivity contribution in [3.05, 3.63) is 0 Å². The van der Waals surface area contributed by atoms with E-state index in [2.05, 4.69) is 18.7 Å². The van der Waals surface area contributed by atoms with Crippen molar-refractivity contribution in [3.8, 4) is 0 Å². The number of nitrogens with zero attached hydrogens (tertiary/aromatic N) is 1. The van der Waals surface area contributed by atoms with Crippen LogP contribution in [0.25, 0.3) is 0 Å². The van der Waals surface area contributed by atoms with E-state index in [1.54, 1.807) is 0 Å². The molecule has 1 aliphatic rings. The maximum Gasteiger partial charge on any atom is 0.222 e. The first-order valence-corrected chi connectivity index (χ1v) is 6.94. The van der Waals surface area contributed by atoms with E-state index in [0.29, 0.717) is 17.7 Å². The minimum absolute atomic E-state index is 0.214. The molecule has 17 heavy (non-hydrogen) atoms. The third kappa shape index (κ3) is 5.53. The number of hydrogen-bond donors (Lipinski definition) is 1. The number of hydrogen-bond acceptors (Lipinski definition) is 2. The summed E-state index contributed by atoms with van der Waals surface area (Å²) in [7, 11) is 0. The molecule has 1 heterocycles. The number of carbonyl (C=O) groups excluding carboxylic acids is 1. The number of rotatable bonds is 4. The third-order valence-electron chi connectivity index (χ3n) is 3.74. The van der Waals surface area contributed by atoms with Gasteiger partial charge in [0.05, 0.1) is 0 Å². The van der Waals surface area contributed by atoms with Crippen molar-refractivity contribution in [2.45, 2.75) is 65.3 Å². The molecule has 0 aromatic carbocycles. The second kappa shape index (κ2) is 6.39. The minimum atomic E-state index is 0.214. The van der Waals surface area contributed by atoms with Crippen molar-refractivity contribution in [1.82, 2.24) is 4.90 Å². The quantitative estimate of drug-likeness (QED) is 0.821. The van der Waals surface area contributed by atoms with Crippen LogP contribution in [0.1, 0.15) is 59.3 Å². The largest absolute Gasteiger partial charge is 0.343 e. The first kappa shape index (κ1) is 14.5. The monoisotopic (exact) mass is 240 g/mol. The van der Waals surface area contributed by atoms with E-state index in [0.717, 1.165) is 38.8 Å². The highest BCUT2D eigenvalue weighted by Gasteiger charge is 2.24. The van der Waals surface area contributed by atoms with Gasteiger partial charge >= 0.3 is 0 Å². The van der Waals surface area contributed by atoms with Gasteiger partial charge in [-0.05, 0) is 44.4 Å². The van der Waals surface area contributed by atoms with Crippen LogP contribution in [0, 0.1) is 5.41 Å². The topological polar surface area (TPSA) is 46.3 Å². The molecule has 3 nitrogen and oxygen atoms in total. The molecule has 3 heteroatoms. The van der Waals surface area contributed by atoms with E-state index in [1.165, 1.54) is 6.42 Å². The SMILES string of the molecule is CC(N)CCCC(=O)N1CCCC(C)(C)CC1. The molecule has 1 fully saturated rings. The van der Waals surface area contributed by atoms with Crippen LogP contribution in [0.4, 0.5) is 0 Å². The Morgan fingerprint density at radius 2 is 2.06 bits per heavy atom. The maximum absolute atomic E-state index is 12.0. The fourth-order valence-corrected chi connectivity index (χ4v) is 2.41. The van der Waals surface area contributed by atoms with Crippen molar-refractivity contribution in [2.24, 2.45) is 11.1 Å². The zero-order valence-corrected chi connectivity index (χ0v) is 11.7. The lowest BCUT2D eigenvalue weighted by Gasteiger charge is -2.23. The van der Waals surface area contributed by atoms with E-state index in [4.69, 9.17) is 5.73 Å². The van der Waals surface area contributed by atoms with Crippen molar-refractivity contribution in [2.75, 3.05) is 13.1 Å². The average molecular weight is 240 g/mol. The molecule has 1 rings (SSSR count). The molecule has 1 unspecified atom stereocenters. The molecule has 0 spiro atoms. The predicted molar refractivity (Wildman–Crippen MR) is 71.7 cm³/mol. The molecule has 1 atom stereocenters. The van der Waals surface area contributed by atoms with Crippen LogP contribution in [0.15, 0.2) is 0 Å². The standard InChI is InChI=1S/C14H28N2O/c1-12(15)6-4-7-13(17)16-10-5-8-14(2,3)9-11-16/h12H,4-11,15H2,1-3H3.